The van der Waals surface area contributed by atoms with E-state index in [2.05, 4.69) is 15.4 Å². The Hall–Kier alpha value is -2.17. The van der Waals surface area contributed by atoms with E-state index in [4.69, 9.17) is 15.9 Å². The Bertz CT molecular complexity index is 726. The van der Waals surface area contributed by atoms with Crippen LogP contribution < -0.4 is 0 Å². The number of methoxy groups -OCH3 is 1. The Balaban J connectivity index is 2.00. The molecule has 0 amide bonds. The fourth-order valence-electron chi connectivity index (χ4n) is 2.87. The zero-order valence-electron chi connectivity index (χ0n) is 15.7. The predicted molar refractivity (Wildman–Crippen MR) is 103 cm³/mol. The van der Waals surface area contributed by atoms with Crippen LogP contribution in [0.4, 0.5) is 4.39 Å². The molecule has 2 aromatic rings. The van der Waals surface area contributed by atoms with Crippen molar-refractivity contribution in [3.63, 3.8) is 0 Å². The summed E-state index contributed by atoms with van der Waals surface area (Å²) >= 11 is 0. The summed E-state index contributed by atoms with van der Waals surface area (Å²) in [6, 6.07) is 10.6. The first-order valence-corrected chi connectivity index (χ1v) is 8.91. The summed E-state index contributed by atoms with van der Waals surface area (Å²) in [4.78, 5) is 2.10. The average molecular weight is 374 g/mol. The van der Waals surface area contributed by atoms with Crippen molar-refractivity contribution in [3.05, 3.63) is 59.7 Å². The molecule has 5 nitrogen and oxygen atoms in total. The molecule has 1 aromatic carbocycles. The Morgan fingerprint density at radius 2 is 2.19 bits per heavy atom. The molecule has 1 aromatic heterocycles. The number of benzene rings is 1. The largest absolute Gasteiger partial charge is 0.389 e. The van der Waals surface area contributed by atoms with Gasteiger partial charge in [-0.05, 0) is 29.8 Å². The van der Waals surface area contributed by atoms with Crippen molar-refractivity contribution < 1.29 is 19.0 Å². The van der Waals surface area contributed by atoms with Crippen molar-refractivity contribution in [1.82, 2.24) is 9.47 Å². The molecule has 0 bridgehead atoms. The highest BCUT2D eigenvalue weighted by Gasteiger charge is 2.14. The predicted octanol–water partition coefficient (Wildman–Crippen LogP) is 2.13. The van der Waals surface area contributed by atoms with E-state index in [-0.39, 0.29) is 19.0 Å². The number of aromatic nitrogens is 1. The second-order valence-electron chi connectivity index (χ2n) is 6.36. The lowest BCUT2D eigenvalue weighted by molar-refractivity contribution is 0.0202. The van der Waals surface area contributed by atoms with E-state index in [1.165, 1.54) is 6.07 Å². The maximum absolute atomic E-state index is 13.4. The van der Waals surface area contributed by atoms with Gasteiger partial charge in [-0.1, -0.05) is 18.1 Å². The van der Waals surface area contributed by atoms with Crippen LogP contribution in [0.1, 0.15) is 11.3 Å². The zero-order chi connectivity index (χ0) is 19.5. The van der Waals surface area contributed by atoms with E-state index >= 15 is 0 Å². The molecule has 0 aliphatic rings. The molecular formula is C21H27FN2O3. The van der Waals surface area contributed by atoms with E-state index in [0.717, 1.165) is 11.3 Å². The molecular weight excluding hydrogens is 347 g/mol. The van der Waals surface area contributed by atoms with Crippen LogP contribution in [0.2, 0.25) is 0 Å². The number of hydrogen-bond acceptors (Lipinski definition) is 4. The first-order valence-electron chi connectivity index (χ1n) is 8.91. The van der Waals surface area contributed by atoms with E-state index in [1.807, 2.05) is 24.4 Å². The SMILES string of the molecule is C#CCOC[C@H](O)CN(CCOC)Cc1cccn1Cc1cccc(F)c1. The first-order chi connectivity index (χ1) is 13.1. The number of halogens is 1. The molecule has 0 saturated heterocycles. The fourth-order valence-corrected chi connectivity index (χ4v) is 2.87. The summed E-state index contributed by atoms with van der Waals surface area (Å²) in [5.74, 6) is 2.15. The Labute approximate surface area is 160 Å². The zero-order valence-corrected chi connectivity index (χ0v) is 15.7. The number of aliphatic hydroxyl groups is 1. The topological polar surface area (TPSA) is 46.9 Å². The van der Waals surface area contributed by atoms with Crippen LogP contribution in [0, 0.1) is 18.2 Å². The number of ether oxygens (including phenoxy) is 2. The van der Waals surface area contributed by atoms with Crippen molar-refractivity contribution in [2.75, 3.05) is 40.0 Å². The van der Waals surface area contributed by atoms with Crippen LogP contribution in [0.5, 0.6) is 0 Å². The van der Waals surface area contributed by atoms with Gasteiger partial charge < -0.3 is 19.1 Å². The molecule has 0 aliphatic carbocycles. The second kappa shape index (κ2) is 11.5. The molecule has 1 N–H and O–H groups in total. The minimum atomic E-state index is -0.637. The third kappa shape index (κ3) is 7.53. The maximum atomic E-state index is 13.4. The normalized spacial score (nSPS) is 12.3. The number of rotatable bonds is 12. The Morgan fingerprint density at radius 1 is 1.33 bits per heavy atom. The smallest absolute Gasteiger partial charge is 0.123 e. The van der Waals surface area contributed by atoms with Crippen LogP contribution in [-0.2, 0) is 22.6 Å². The van der Waals surface area contributed by atoms with Crippen molar-refractivity contribution in [3.8, 4) is 12.3 Å². The van der Waals surface area contributed by atoms with Crippen LogP contribution in [0.15, 0.2) is 42.6 Å². The molecule has 0 aliphatic heterocycles. The van der Waals surface area contributed by atoms with Crippen LogP contribution in [0.3, 0.4) is 0 Å². The molecule has 0 radical (unpaired) electrons. The lowest BCUT2D eigenvalue weighted by Crippen LogP contribution is -2.37. The van der Waals surface area contributed by atoms with E-state index in [1.54, 1.807) is 19.2 Å². The Morgan fingerprint density at radius 3 is 2.93 bits per heavy atom. The number of aliphatic hydroxyl groups excluding tert-OH is 1. The molecule has 0 fully saturated rings. The highest BCUT2D eigenvalue weighted by Crippen LogP contribution is 2.12. The number of nitrogens with zero attached hydrogens (tertiary/aromatic N) is 2. The molecule has 0 spiro atoms. The van der Waals surface area contributed by atoms with Gasteiger partial charge in [-0.3, -0.25) is 4.90 Å². The molecule has 27 heavy (non-hydrogen) atoms. The molecule has 1 atom stereocenters. The lowest BCUT2D eigenvalue weighted by Gasteiger charge is -2.25. The quantitative estimate of drug-likeness (QED) is 0.457. The van der Waals surface area contributed by atoms with Crippen molar-refractivity contribution in [1.29, 1.82) is 0 Å². The summed E-state index contributed by atoms with van der Waals surface area (Å²) in [7, 11) is 1.65. The minimum absolute atomic E-state index is 0.186. The summed E-state index contributed by atoms with van der Waals surface area (Å²) in [5, 5.41) is 10.2. The number of terminal acetylenes is 1. The summed E-state index contributed by atoms with van der Waals surface area (Å²) in [6.07, 6.45) is 6.49. The summed E-state index contributed by atoms with van der Waals surface area (Å²) in [6.45, 7) is 3.28. The summed E-state index contributed by atoms with van der Waals surface area (Å²) < 4.78 is 25.9. The van der Waals surface area contributed by atoms with Gasteiger partial charge in [0.1, 0.15) is 12.4 Å². The monoisotopic (exact) mass is 374 g/mol. The molecule has 0 saturated carbocycles. The van der Waals surface area contributed by atoms with Crippen LogP contribution in [0.25, 0.3) is 0 Å². The molecule has 1 heterocycles. The van der Waals surface area contributed by atoms with Crippen molar-refractivity contribution in [2.45, 2.75) is 19.2 Å². The second-order valence-corrected chi connectivity index (χ2v) is 6.36. The van der Waals surface area contributed by atoms with Gasteiger partial charge in [-0.25, -0.2) is 4.39 Å². The maximum Gasteiger partial charge on any atom is 0.123 e. The van der Waals surface area contributed by atoms with Crippen LogP contribution in [-0.4, -0.2) is 60.7 Å². The first kappa shape index (κ1) is 21.1. The van der Waals surface area contributed by atoms with Gasteiger partial charge in [0, 0.05) is 45.2 Å². The van der Waals surface area contributed by atoms with Gasteiger partial charge in [-0.2, -0.15) is 0 Å². The molecule has 6 heteroatoms. The average Bonchev–Trinajstić information content (AvgIpc) is 3.06. The fraction of sp³-hybridized carbons (Fsp3) is 0.429. The van der Waals surface area contributed by atoms with Gasteiger partial charge in [0.25, 0.3) is 0 Å². The minimum Gasteiger partial charge on any atom is -0.389 e. The molecule has 146 valence electrons. The lowest BCUT2D eigenvalue weighted by atomic mass is 10.2. The highest BCUT2D eigenvalue weighted by atomic mass is 19.1. The van der Waals surface area contributed by atoms with E-state index < -0.39 is 6.10 Å². The standard InChI is InChI=1S/C21H27FN2O3/c1-3-11-27-17-21(25)16-23(10-12-26-2)15-20-8-5-9-24(20)14-18-6-4-7-19(22)13-18/h1,4-9,13,21,25H,10-12,14-17H2,2H3/t21-/m1/s1. The van der Waals surface area contributed by atoms with E-state index in [9.17, 15) is 9.50 Å². The van der Waals surface area contributed by atoms with Crippen LogP contribution >= 0.6 is 0 Å². The van der Waals surface area contributed by atoms with Crippen molar-refractivity contribution >= 4 is 0 Å². The van der Waals surface area contributed by atoms with Gasteiger partial charge >= 0.3 is 0 Å². The van der Waals surface area contributed by atoms with Gasteiger partial charge in [0.05, 0.1) is 19.3 Å². The third-order valence-electron chi connectivity index (χ3n) is 4.13. The highest BCUT2D eigenvalue weighted by molar-refractivity contribution is 5.18. The Kier molecular flexibility index (Phi) is 9.02. The third-order valence-corrected chi connectivity index (χ3v) is 4.13. The molecule has 2 rings (SSSR count). The number of hydrogen-bond donors (Lipinski definition) is 1. The summed E-state index contributed by atoms with van der Waals surface area (Å²) in [5.41, 5.74) is 1.98. The van der Waals surface area contributed by atoms with Gasteiger partial charge in [0.2, 0.25) is 0 Å². The van der Waals surface area contributed by atoms with Gasteiger partial charge in [-0.15, -0.1) is 6.42 Å². The molecule has 0 unspecified atom stereocenters. The van der Waals surface area contributed by atoms with Gasteiger partial charge in [0.15, 0.2) is 0 Å². The van der Waals surface area contributed by atoms with Crippen molar-refractivity contribution in [2.24, 2.45) is 0 Å². The van der Waals surface area contributed by atoms with E-state index in [0.29, 0.717) is 32.8 Å².